The summed E-state index contributed by atoms with van der Waals surface area (Å²) in [4.78, 5) is 12.6. The number of hydrogen-bond donors (Lipinski definition) is 2. The van der Waals surface area contributed by atoms with Crippen LogP contribution < -0.4 is 11.1 Å². The fraction of sp³-hybridized carbons (Fsp3) is 0.600. The molecule has 1 amide bonds. The number of furan rings is 1. The number of thiocarbonyl (C=S) groups is 1. The van der Waals surface area contributed by atoms with Crippen LogP contribution in [0.3, 0.4) is 0 Å². The van der Waals surface area contributed by atoms with Crippen LogP contribution in [0.15, 0.2) is 16.5 Å². The summed E-state index contributed by atoms with van der Waals surface area (Å²) in [6.07, 6.45) is 6.53. The summed E-state index contributed by atoms with van der Waals surface area (Å²) < 4.78 is 5.47. The van der Waals surface area contributed by atoms with Crippen LogP contribution in [-0.2, 0) is 6.42 Å². The van der Waals surface area contributed by atoms with Crippen molar-refractivity contribution in [1.82, 2.24) is 5.32 Å². The van der Waals surface area contributed by atoms with Gasteiger partial charge in [-0.3, -0.25) is 4.79 Å². The van der Waals surface area contributed by atoms with E-state index in [0.717, 1.165) is 25.0 Å². The third-order valence-electron chi connectivity index (χ3n) is 3.95. The van der Waals surface area contributed by atoms with Gasteiger partial charge in [-0.15, -0.1) is 0 Å². The molecule has 3 N–H and O–H groups in total. The SMILES string of the molecule is CCc1ccc(C(=O)NC(C(N)=S)C2CCCCC2)o1. The van der Waals surface area contributed by atoms with Gasteiger partial charge in [-0.25, -0.2) is 0 Å². The minimum absolute atomic E-state index is 0.229. The molecule has 0 aromatic carbocycles. The second-order valence-corrected chi connectivity index (χ2v) is 5.84. The molecular weight excluding hydrogens is 272 g/mol. The van der Waals surface area contributed by atoms with Gasteiger partial charge in [0.25, 0.3) is 5.91 Å². The average molecular weight is 294 g/mol. The zero-order valence-electron chi connectivity index (χ0n) is 11.9. The van der Waals surface area contributed by atoms with E-state index >= 15 is 0 Å². The zero-order valence-corrected chi connectivity index (χ0v) is 12.7. The lowest BCUT2D eigenvalue weighted by atomic mass is 9.84. The van der Waals surface area contributed by atoms with Crippen LogP contribution in [0.2, 0.25) is 0 Å². The molecule has 0 bridgehead atoms. The lowest BCUT2D eigenvalue weighted by molar-refractivity contribution is 0.0902. The van der Waals surface area contributed by atoms with Gasteiger partial charge in [0.1, 0.15) is 5.76 Å². The zero-order chi connectivity index (χ0) is 14.5. The summed E-state index contributed by atoms with van der Waals surface area (Å²) in [6.45, 7) is 1.99. The molecule has 1 unspecified atom stereocenters. The molecule has 0 saturated heterocycles. The monoisotopic (exact) mass is 294 g/mol. The van der Waals surface area contributed by atoms with Gasteiger partial charge in [0.2, 0.25) is 0 Å². The molecule has 1 saturated carbocycles. The summed E-state index contributed by atoms with van der Waals surface area (Å²) in [7, 11) is 0. The molecule has 4 nitrogen and oxygen atoms in total. The largest absolute Gasteiger partial charge is 0.456 e. The number of hydrogen-bond acceptors (Lipinski definition) is 3. The topological polar surface area (TPSA) is 68.3 Å². The first-order valence-electron chi connectivity index (χ1n) is 7.30. The van der Waals surface area contributed by atoms with Crippen LogP contribution >= 0.6 is 12.2 Å². The highest BCUT2D eigenvalue weighted by molar-refractivity contribution is 7.80. The minimum Gasteiger partial charge on any atom is -0.456 e. The minimum atomic E-state index is -0.229. The molecule has 1 aromatic heterocycles. The Morgan fingerprint density at radius 1 is 1.45 bits per heavy atom. The Balaban J connectivity index is 2.03. The van der Waals surface area contributed by atoms with E-state index < -0.39 is 0 Å². The van der Waals surface area contributed by atoms with Gasteiger partial charge in [-0.1, -0.05) is 38.4 Å². The standard InChI is InChI=1S/C15H22N2O2S/c1-2-11-8-9-12(19-11)15(18)17-13(14(16)20)10-6-4-3-5-7-10/h8-10,13H,2-7H2,1H3,(H2,16,20)(H,17,18). The number of carbonyl (C=O) groups is 1. The summed E-state index contributed by atoms with van der Waals surface area (Å²) in [5, 5.41) is 2.94. The second-order valence-electron chi connectivity index (χ2n) is 5.37. The Kier molecular flexibility index (Phi) is 5.17. The van der Waals surface area contributed by atoms with Gasteiger partial charge >= 0.3 is 0 Å². The highest BCUT2D eigenvalue weighted by Crippen LogP contribution is 2.27. The van der Waals surface area contributed by atoms with Crippen molar-refractivity contribution in [3.63, 3.8) is 0 Å². The van der Waals surface area contributed by atoms with Gasteiger partial charge in [0, 0.05) is 6.42 Å². The van der Waals surface area contributed by atoms with E-state index in [0.29, 0.717) is 16.7 Å². The van der Waals surface area contributed by atoms with E-state index in [1.165, 1.54) is 19.3 Å². The van der Waals surface area contributed by atoms with Crippen LogP contribution in [0.25, 0.3) is 0 Å². The molecule has 0 radical (unpaired) electrons. The Labute approximate surface area is 125 Å². The summed E-state index contributed by atoms with van der Waals surface area (Å²) in [5.41, 5.74) is 5.81. The highest BCUT2D eigenvalue weighted by Gasteiger charge is 2.28. The molecule has 1 aliphatic rings. The Hall–Kier alpha value is -1.36. The third kappa shape index (κ3) is 3.60. The van der Waals surface area contributed by atoms with Crippen LogP contribution in [-0.4, -0.2) is 16.9 Å². The molecule has 1 aliphatic carbocycles. The lowest BCUT2D eigenvalue weighted by Gasteiger charge is -2.29. The second kappa shape index (κ2) is 6.88. The number of nitrogens with one attached hydrogen (secondary N) is 1. The smallest absolute Gasteiger partial charge is 0.287 e. The molecule has 20 heavy (non-hydrogen) atoms. The normalized spacial score (nSPS) is 17.6. The van der Waals surface area contributed by atoms with Crippen LogP contribution in [0.4, 0.5) is 0 Å². The summed E-state index contributed by atoms with van der Waals surface area (Å²) in [6, 6.07) is 3.30. The fourth-order valence-electron chi connectivity index (χ4n) is 2.79. The highest BCUT2D eigenvalue weighted by atomic mass is 32.1. The maximum absolute atomic E-state index is 12.2. The Morgan fingerprint density at radius 2 is 2.15 bits per heavy atom. The van der Waals surface area contributed by atoms with Crippen molar-refractivity contribution in [1.29, 1.82) is 0 Å². The van der Waals surface area contributed by atoms with Crippen LogP contribution in [0.1, 0.15) is 55.3 Å². The predicted octanol–water partition coefficient (Wildman–Crippen LogP) is 2.81. The van der Waals surface area contributed by atoms with Crippen molar-refractivity contribution < 1.29 is 9.21 Å². The van der Waals surface area contributed by atoms with Crippen LogP contribution in [0.5, 0.6) is 0 Å². The number of carbonyl (C=O) groups excluding carboxylic acids is 1. The quantitative estimate of drug-likeness (QED) is 0.819. The number of rotatable bonds is 5. The number of aryl methyl sites for hydroxylation is 1. The van der Waals surface area contributed by atoms with E-state index in [2.05, 4.69) is 5.32 Å². The first kappa shape index (κ1) is 15.0. The molecule has 0 aliphatic heterocycles. The maximum atomic E-state index is 12.2. The van der Waals surface area contributed by atoms with Crippen molar-refractivity contribution in [3.05, 3.63) is 23.7 Å². The summed E-state index contributed by atoms with van der Waals surface area (Å²) >= 11 is 5.13. The average Bonchev–Trinajstić information content (AvgIpc) is 2.94. The third-order valence-corrected chi connectivity index (χ3v) is 4.20. The Bertz CT molecular complexity index is 478. The number of nitrogens with two attached hydrogens (primary N) is 1. The van der Waals surface area contributed by atoms with Gasteiger partial charge in [-0.05, 0) is 30.9 Å². The van der Waals surface area contributed by atoms with E-state index in [9.17, 15) is 4.79 Å². The molecule has 5 heteroatoms. The van der Waals surface area contributed by atoms with E-state index in [4.69, 9.17) is 22.4 Å². The number of amides is 1. The molecule has 2 rings (SSSR count). The van der Waals surface area contributed by atoms with Crippen molar-refractivity contribution in [2.24, 2.45) is 11.7 Å². The van der Waals surface area contributed by atoms with Gasteiger partial charge < -0.3 is 15.5 Å². The predicted molar refractivity (Wildman–Crippen MR) is 82.7 cm³/mol. The molecule has 0 spiro atoms. The van der Waals surface area contributed by atoms with Crippen molar-refractivity contribution in [2.45, 2.75) is 51.5 Å². The first-order valence-corrected chi connectivity index (χ1v) is 7.71. The molecular formula is C15H22N2O2S. The lowest BCUT2D eigenvalue weighted by Crippen LogP contribution is -2.48. The van der Waals surface area contributed by atoms with Crippen molar-refractivity contribution in [2.75, 3.05) is 0 Å². The van der Waals surface area contributed by atoms with E-state index in [-0.39, 0.29) is 11.9 Å². The van der Waals surface area contributed by atoms with Crippen LogP contribution in [0, 0.1) is 5.92 Å². The molecule has 1 fully saturated rings. The van der Waals surface area contributed by atoms with Crippen molar-refractivity contribution in [3.8, 4) is 0 Å². The van der Waals surface area contributed by atoms with Gasteiger partial charge in [0.05, 0.1) is 11.0 Å². The maximum Gasteiger partial charge on any atom is 0.287 e. The van der Waals surface area contributed by atoms with Gasteiger partial charge in [-0.2, -0.15) is 0 Å². The fourth-order valence-corrected chi connectivity index (χ4v) is 3.04. The molecule has 1 atom stereocenters. The van der Waals surface area contributed by atoms with Crippen molar-refractivity contribution >= 4 is 23.1 Å². The van der Waals surface area contributed by atoms with E-state index in [1.807, 2.05) is 13.0 Å². The summed E-state index contributed by atoms with van der Waals surface area (Å²) in [5.74, 6) is 1.26. The first-order chi connectivity index (χ1) is 9.61. The molecule has 1 aromatic rings. The molecule has 1 heterocycles. The Morgan fingerprint density at radius 3 is 2.70 bits per heavy atom. The molecule has 110 valence electrons. The van der Waals surface area contributed by atoms with E-state index in [1.54, 1.807) is 6.07 Å². The van der Waals surface area contributed by atoms with Gasteiger partial charge in [0.15, 0.2) is 5.76 Å².